The minimum atomic E-state index is -0.169. The molecule has 2 heterocycles. The second kappa shape index (κ2) is 8.95. The zero-order valence-electron chi connectivity index (χ0n) is 16.6. The fraction of sp³-hybridized carbons (Fsp3) is 0.571. The average molecular weight is 406 g/mol. The third-order valence-electron chi connectivity index (χ3n) is 5.55. The summed E-state index contributed by atoms with van der Waals surface area (Å²) in [6.45, 7) is 7.22. The first-order valence-electron chi connectivity index (χ1n) is 9.99. The summed E-state index contributed by atoms with van der Waals surface area (Å²) in [4.78, 5) is 43.3. The van der Waals surface area contributed by atoms with Gasteiger partial charge in [-0.05, 0) is 37.1 Å². The van der Waals surface area contributed by atoms with Crippen molar-refractivity contribution in [3.05, 3.63) is 34.9 Å². The van der Waals surface area contributed by atoms with Crippen LogP contribution in [0.4, 0.5) is 0 Å². The highest BCUT2D eigenvalue weighted by atomic mass is 35.5. The van der Waals surface area contributed by atoms with E-state index >= 15 is 0 Å². The Morgan fingerprint density at radius 3 is 2.14 bits per heavy atom. The molecular formula is C21H28ClN3O3. The minimum absolute atomic E-state index is 0.0203. The molecule has 1 aromatic rings. The highest BCUT2D eigenvalue weighted by Gasteiger charge is 2.33. The molecule has 6 nitrogen and oxygen atoms in total. The first kappa shape index (κ1) is 20.6. The number of halogens is 1. The maximum atomic E-state index is 13.0. The van der Waals surface area contributed by atoms with Gasteiger partial charge in [-0.25, -0.2) is 0 Å². The molecule has 0 bridgehead atoms. The first-order valence-corrected chi connectivity index (χ1v) is 10.4. The lowest BCUT2D eigenvalue weighted by Crippen LogP contribution is -2.54. The van der Waals surface area contributed by atoms with Crippen LogP contribution in [0.2, 0.25) is 5.02 Å². The zero-order valence-corrected chi connectivity index (χ0v) is 17.3. The van der Waals surface area contributed by atoms with E-state index in [0.717, 1.165) is 12.8 Å². The normalized spacial score (nSPS) is 20.4. The van der Waals surface area contributed by atoms with Crippen LogP contribution >= 0.6 is 11.6 Å². The SMILES string of the molecule is CC(C)C(=O)N1CCN(C(=O)C2CCCN(C(=O)c3ccc(Cl)cc3)C2)CC1. The van der Waals surface area contributed by atoms with Gasteiger partial charge in [-0.1, -0.05) is 25.4 Å². The second-order valence-corrected chi connectivity index (χ2v) is 8.34. The molecule has 0 saturated carbocycles. The minimum Gasteiger partial charge on any atom is -0.339 e. The molecule has 3 amide bonds. The Labute approximate surface area is 171 Å². The van der Waals surface area contributed by atoms with Gasteiger partial charge in [0.25, 0.3) is 5.91 Å². The zero-order chi connectivity index (χ0) is 20.3. The van der Waals surface area contributed by atoms with Crippen molar-refractivity contribution in [2.75, 3.05) is 39.3 Å². The molecule has 1 atom stereocenters. The van der Waals surface area contributed by atoms with Crippen LogP contribution in [0.1, 0.15) is 37.0 Å². The number of benzene rings is 1. The molecule has 7 heteroatoms. The molecule has 152 valence electrons. The van der Waals surface area contributed by atoms with Gasteiger partial charge in [0.15, 0.2) is 0 Å². The predicted octanol–water partition coefficient (Wildman–Crippen LogP) is 2.52. The Morgan fingerprint density at radius 2 is 1.54 bits per heavy atom. The molecule has 0 spiro atoms. The summed E-state index contributed by atoms with van der Waals surface area (Å²) >= 11 is 5.90. The van der Waals surface area contributed by atoms with Crippen molar-refractivity contribution < 1.29 is 14.4 Å². The van der Waals surface area contributed by atoms with E-state index in [0.29, 0.717) is 49.9 Å². The quantitative estimate of drug-likeness (QED) is 0.776. The monoisotopic (exact) mass is 405 g/mol. The largest absolute Gasteiger partial charge is 0.339 e. The number of hydrogen-bond donors (Lipinski definition) is 0. The number of likely N-dealkylation sites (tertiary alicyclic amines) is 1. The van der Waals surface area contributed by atoms with Gasteiger partial charge < -0.3 is 14.7 Å². The maximum Gasteiger partial charge on any atom is 0.253 e. The molecule has 0 N–H and O–H groups in total. The van der Waals surface area contributed by atoms with Crippen molar-refractivity contribution in [3.63, 3.8) is 0 Å². The van der Waals surface area contributed by atoms with Crippen LogP contribution in [0, 0.1) is 11.8 Å². The van der Waals surface area contributed by atoms with Gasteiger partial charge >= 0.3 is 0 Å². The van der Waals surface area contributed by atoms with Crippen molar-refractivity contribution in [1.29, 1.82) is 0 Å². The van der Waals surface area contributed by atoms with Crippen LogP contribution in [0.3, 0.4) is 0 Å². The van der Waals surface area contributed by atoms with Crippen LogP contribution in [0.5, 0.6) is 0 Å². The number of amides is 3. The van der Waals surface area contributed by atoms with E-state index in [2.05, 4.69) is 0 Å². The van der Waals surface area contributed by atoms with Crippen molar-refractivity contribution in [3.8, 4) is 0 Å². The number of hydrogen-bond acceptors (Lipinski definition) is 3. The summed E-state index contributed by atoms with van der Waals surface area (Å²) < 4.78 is 0. The highest BCUT2D eigenvalue weighted by molar-refractivity contribution is 6.30. The van der Waals surface area contributed by atoms with Crippen LogP contribution < -0.4 is 0 Å². The van der Waals surface area contributed by atoms with E-state index in [4.69, 9.17) is 11.6 Å². The molecule has 28 heavy (non-hydrogen) atoms. The number of rotatable bonds is 3. The van der Waals surface area contributed by atoms with E-state index in [1.165, 1.54) is 0 Å². The van der Waals surface area contributed by atoms with Crippen LogP contribution in [-0.2, 0) is 9.59 Å². The topological polar surface area (TPSA) is 60.9 Å². The van der Waals surface area contributed by atoms with Crippen molar-refractivity contribution in [1.82, 2.24) is 14.7 Å². The van der Waals surface area contributed by atoms with Gasteiger partial charge in [-0.2, -0.15) is 0 Å². The smallest absolute Gasteiger partial charge is 0.253 e. The Kier molecular flexibility index (Phi) is 6.60. The summed E-state index contributed by atoms with van der Waals surface area (Å²) in [5.41, 5.74) is 0.596. The standard InChI is InChI=1S/C21H28ClN3O3/c1-15(2)19(26)23-10-12-24(13-11-23)21(28)17-4-3-9-25(14-17)20(27)16-5-7-18(22)8-6-16/h5-8,15,17H,3-4,9-14H2,1-2H3. The first-order chi connectivity index (χ1) is 13.4. The lowest BCUT2D eigenvalue weighted by Gasteiger charge is -2.39. The fourth-order valence-electron chi connectivity index (χ4n) is 3.91. The summed E-state index contributed by atoms with van der Waals surface area (Å²) in [6, 6.07) is 6.86. The van der Waals surface area contributed by atoms with Gasteiger partial charge in [-0.3, -0.25) is 14.4 Å². The summed E-state index contributed by atoms with van der Waals surface area (Å²) in [7, 11) is 0. The lowest BCUT2D eigenvalue weighted by atomic mass is 9.95. The van der Waals surface area contributed by atoms with E-state index < -0.39 is 0 Å². The van der Waals surface area contributed by atoms with E-state index in [9.17, 15) is 14.4 Å². The molecule has 1 unspecified atom stereocenters. The summed E-state index contributed by atoms with van der Waals surface area (Å²) in [6.07, 6.45) is 1.62. The van der Waals surface area contributed by atoms with Gasteiger partial charge in [0, 0.05) is 55.8 Å². The maximum absolute atomic E-state index is 13.0. The van der Waals surface area contributed by atoms with Crippen molar-refractivity contribution in [2.45, 2.75) is 26.7 Å². The van der Waals surface area contributed by atoms with Gasteiger partial charge in [0.2, 0.25) is 11.8 Å². The van der Waals surface area contributed by atoms with Crippen LogP contribution in [0.25, 0.3) is 0 Å². The van der Waals surface area contributed by atoms with Crippen molar-refractivity contribution in [2.24, 2.45) is 11.8 Å². The van der Waals surface area contributed by atoms with E-state index in [1.807, 2.05) is 23.6 Å². The molecule has 3 rings (SSSR count). The van der Waals surface area contributed by atoms with Crippen LogP contribution in [-0.4, -0.2) is 71.7 Å². The third-order valence-corrected chi connectivity index (χ3v) is 5.80. The van der Waals surface area contributed by atoms with E-state index in [-0.39, 0.29) is 29.6 Å². The van der Waals surface area contributed by atoms with E-state index in [1.54, 1.807) is 29.2 Å². The molecule has 2 fully saturated rings. The van der Waals surface area contributed by atoms with Gasteiger partial charge in [0.05, 0.1) is 5.92 Å². The molecular weight excluding hydrogens is 378 g/mol. The number of nitrogens with zero attached hydrogens (tertiary/aromatic N) is 3. The van der Waals surface area contributed by atoms with Gasteiger partial charge in [0.1, 0.15) is 0 Å². The molecule has 2 aliphatic rings. The number of piperidine rings is 1. The Morgan fingerprint density at radius 1 is 0.929 bits per heavy atom. The molecule has 2 saturated heterocycles. The number of carbonyl (C=O) groups is 3. The van der Waals surface area contributed by atoms with Gasteiger partial charge in [-0.15, -0.1) is 0 Å². The molecule has 0 radical (unpaired) electrons. The van der Waals surface area contributed by atoms with Crippen molar-refractivity contribution >= 4 is 29.3 Å². The average Bonchev–Trinajstić information content (AvgIpc) is 2.73. The van der Waals surface area contributed by atoms with Crippen LogP contribution in [0.15, 0.2) is 24.3 Å². The summed E-state index contributed by atoms with van der Waals surface area (Å²) in [5, 5.41) is 0.596. The summed E-state index contributed by atoms with van der Waals surface area (Å²) in [5.74, 6) is 0.00153. The molecule has 0 aromatic heterocycles. The number of carbonyl (C=O) groups excluding carboxylic acids is 3. The molecule has 1 aromatic carbocycles. The fourth-order valence-corrected chi connectivity index (χ4v) is 4.03. The molecule has 0 aliphatic carbocycles. The Bertz CT molecular complexity index is 727. The number of piperazine rings is 1. The second-order valence-electron chi connectivity index (χ2n) is 7.90. The molecule has 2 aliphatic heterocycles. The highest BCUT2D eigenvalue weighted by Crippen LogP contribution is 2.22. The third kappa shape index (κ3) is 4.66. The lowest BCUT2D eigenvalue weighted by molar-refractivity contribution is -0.144. The predicted molar refractivity (Wildman–Crippen MR) is 108 cm³/mol. The Hall–Kier alpha value is -2.08. The Balaban J connectivity index is 1.57.